The smallest absolute Gasteiger partial charge is 0.337 e. The largest absolute Gasteiger partial charge is 0.465 e. The third-order valence-electron chi connectivity index (χ3n) is 8.48. The van der Waals surface area contributed by atoms with Crippen LogP contribution in [0, 0.1) is 6.92 Å². The number of hydrogen-bond donors (Lipinski definition) is 0. The van der Waals surface area contributed by atoms with Gasteiger partial charge in [0.1, 0.15) is 0 Å². The van der Waals surface area contributed by atoms with Crippen LogP contribution >= 0.6 is 0 Å². The fourth-order valence-corrected chi connectivity index (χ4v) is 6.06. The minimum Gasteiger partial charge on any atom is -0.465 e. The summed E-state index contributed by atoms with van der Waals surface area (Å²) in [5.41, 5.74) is 10.6. The lowest BCUT2D eigenvalue weighted by molar-refractivity contribution is 0.0600. The summed E-state index contributed by atoms with van der Waals surface area (Å²) < 4.78 is 11.3. The van der Waals surface area contributed by atoms with Crippen molar-refractivity contribution in [2.45, 2.75) is 33.1 Å². The Balaban J connectivity index is 1.51. The first-order valence-corrected chi connectivity index (χ1v) is 15.1. The van der Waals surface area contributed by atoms with Gasteiger partial charge in [0, 0.05) is 10.9 Å². The van der Waals surface area contributed by atoms with E-state index < -0.39 is 0 Å². The van der Waals surface area contributed by atoms with Crippen LogP contribution in [-0.4, -0.2) is 18.1 Å². The van der Waals surface area contributed by atoms with Crippen molar-refractivity contribution in [1.82, 2.24) is 4.98 Å². The molecule has 1 aromatic heterocycles. The molecule has 1 aliphatic rings. The quantitative estimate of drug-likeness (QED) is 0.191. The zero-order chi connectivity index (χ0) is 31.3. The number of para-hydroxylation sites is 4. The Morgan fingerprint density at radius 2 is 1.33 bits per heavy atom. The molecule has 7 rings (SSSR count). The number of nitrogens with zero attached hydrogens (tertiary/aromatic N) is 2. The standard InChI is InChI=1S/C40H34N2O3/c1-25-14-23-34(42-32-10-6-8-12-35(32)45-36-13-9-7-11-33(36)42)38-37(25)30(26-19-21-29(22-20-26)40(2,3)4)24-31(41-38)27-15-17-28(18-16-27)39(43)44-5/h6-24H,1-5H3. The van der Waals surface area contributed by atoms with Crippen LogP contribution in [0.25, 0.3) is 33.3 Å². The molecule has 1 aliphatic heterocycles. The van der Waals surface area contributed by atoms with Gasteiger partial charge in [0.25, 0.3) is 0 Å². The molecule has 45 heavy (non-hydrogen) atoms. The van der Waals surface area contributed by atoms with Crippen molar-refractivity contribution in [3.8, 4) is 33.9 Å². The number of rotatable bonds is 4. The van der Waals surface area contributed by atoms with Crippen LogP contribution in [0.2, 0.25) is 0 Å². The molecule has 5 nitrogen and oxygen atoms in total. The molecule has 2 heterocycles. The topological polar surface area (TPSA) is 51.7 Å². The van der Waals surface area contributed by atoms with Crippen LogP contribution in [0.5, 0.6) is 11.5 Å². The van der Waals surface area contributed by atoms with Gasteiger partial charge in [-0.05, 0) is 83.1 Å². The SMILES string of the molecule is COC(=O)c1ccc(-c2cc(-c3ccc(C(C)(C)C)cc3)c3c(C)ccc(N4c5ccccc5Oc5ccccc54)c3n2)cc1. The average Bonchev–Trinajstić information content (AvgIpc) is 3.06. The van der Waals surface area contributed by atoms with Crippen molar-refractivity contribution in [3.05, 3.63) is 132 Å². The second-order valence-corrected chi connectivity index (χ2v) is 12.4. The fourth-order valence-electron chi connectivity index (χ4n) is 6.06. The summed E-state index contributed by atoms with van der Waals surface area (Å²) in [6.45, 7) is 8.84. The van der Waals surface area contributed by atoms with Gasteiger partial charge in [-0.25, -0.2) is 9.78 Å². The van der Waals surface area contributed by atoms with Gasteiger partial charge >= 0.3 is 5.97 Å². The van der Waals surface area contributed by atoms with Gasteiger partial charge in [0.2, 0.25) is 0 Å². The number of methoxy groups -OCH3 is 1. The predicted octanol–water partition coefficient (Wildman–Crippen LogP) is 10.5. The molecule has 0 atom stereocenters. The van der Waals surface area contributed by atoms with E-state index in [1.165, 1.54) is 12.7 Å². The van der Waals surface area contributed by atoms with Gasteiger partial charge in [-0.3, -0.25) is 0 Å². The minimum absolute atomic E-state index is 0.0472. The normalized spacial score (nSPS) is 12.3. The number of esters is 1. The number of carbonyl (C=O) groups excluding carboxylic acids is 1. The van der Waals surface area contributed by atoms with E-state index in [9.17, 15) is 4.79 Å². The molecule has 0 N–H and O–H groups in total. The zero-order valence-corrected chi connectivity index (χ0v) is 26.1. The summed E-state index contributed by atoms with van der Waals surface area (Å²) in [5.74, 6) is 1.21. The van der Waals surface area contributed by atoms with Gasteiger partial charge in [0.15, 0.2) is 11.5 Å². The number of anilines is 3. The first-order chi connectivity index (χ1) is 21.7. The van der Waals surface area contributed by atoms with E-state index in [1.807, 2.05) is 48.5 Å². The number of fused-ring (bicyclic) bond motifs is 3. The maximum Gasteiger partial charge on any atom is 0.337 e. The highest BCUT2D eigenvalue weighted by Gasteiger charge is 2.28. The van der Waals surface area contributed by atoms with E-state index in [0.717, 1.165) is 67.4 Å². The fraction of sp³-hybridized carbons (Fsp3) is 0.150. The molecule has 5 aromatic carbocycles. The number of aromatic nitrogens is 1. The van der Waals surface area contributed by atoms with Crippen LogP contribution in [0.4, 0.5) is 17.1 Å². The number of pyridine rings is 1. The third kappa shape index (κ3) is 5.00. The van der Waals surface area contributed by atoms with Crippen molar-refractivity contribution in [2.75, 3.05) is 12.0 Å². The van der Waals surface area contributed by atoms with Crippen molar-refractivity contribution >= 4 is 33.9 Å². The number of aryl methyl sites for hydroxylation is 1. The molecule has 0 saturated heterocycles. The molecular weight excluding hydrogens is 556 g/mol. The van der Waals surface area contributed by atoms with E-state index in [4.69, 9.17) is 14.5 Å². The Morgan fingerprint density at radius 3 is 1.93 bits per heavy atom. The van der Waals surface area contributed by atoms with E-state index in [2.05, 4.69) is 87.2 Å². The monoisotopic (exact) mass is 590 g/mol. The third-order valence-corrected chi connectivity index (χ3v) is 8.48. The minimum atomic E-state index is -0.366. The molecule has 0 radical (unpaired) electrons. The molecule has 0 spiro atoms. The second-order valence-electron chi connectivity index (χ2n) is 12.4. The Bertz CT molecular complexity index is 2030. The predicted molar refractivity (Wildman–Crippen MR) is 182 cm³/mol. The highest BCUT2D eigenvalue weighted by molar-refractivity contribution is 6.07. The molecule has 0 aliphatic carbocycles. The number of carbonyl (C=O) groups is 1. The number of ether oxygens (including phenoxy) is 2. The molecule has 0 amide bonds. The van der Waals surface area contributed by atoms with Crippen molar-refractivity contribution in [2.24, 2.45) is 0 Å². The van der Waals surface area contributed by atoms with Crippen LogP contribution in [0.3, 0.4) is 0 Å². The average molecular weight is 591 g/mol. The molecule has 222 valence electrons. The lowest BCUT2D eigenvalue weighted by Crippen LogP contribution is -2.16. The number of benzene rings is 5. The first kappa shape index (κ1) is 28.4. The molecule has 0 unspecified atom stereocenters. The zero-order valence-electron chi connectivity index (χ0n) is 26.1. The molecule has 0 fully saturated rings. The maximum atomic E-state index is 12.2. The van der Waals surface area contributed by atoms with Gasteiger partial charge in [0.05, 0.1) is 40.9 Å². The summed E-state index contributed by atoms with van der Waals surface area (Å²) in [6.07, 6.45) is 0. The van der Waals surface area contributed by atoms with Gasteiger partial charge in [-0.2, -0.15) is 0 Å². The molecule has 0 bridgehead atoms. The second kappa shape index (κ2) is 10.9. The van der Waals surface area contributed by atoms with Crippen LogP contribution < -0.4 is 9.64 Å². The molecule has 5 heteroatoms. The number of hydrogen-bond acceptors (Lipinski definition) is 5. The van der Waals surface area contributed by atoms with Crippen LogP contribution in [0.15, 0.2) is 115 Å². The Kier molecular flexibility index (Phi) is 6.89. The van der Waals surface area contributed by atoms with Crippen molar-refractivity contribution in [1.29, 1.82) is 0 Å². The molecule has 0 saturated carbocycles. The van der Waals surface area contributed by atoms with Gasteiger partial charge in [-0.15, -0.1) is 0 Å². The van der Waals surface area contributed by atoms with E-state index in [1.54, 1.807) is 12.1 Å². The van der Waals surface area contributed by atoms with Crippen molar-refractivity contribution in [3.63, 3.8) is 0 Å². The van der Waals surface area contributed by atoms with E-state index in [-0.39, 0.29) is 11.4 Å². The summed E-state index contributed by atoms with van der Waals surface area (Å²) in [4.78, 5) is 19.8. The summed E-state index contributed by atoms with van der Waals surface area (Å²) in [5, 5.41) is 1.09. The van der Waals surface area contributed by atoms with Gasteiger partial charge in [-0.1, -0.05) is 87.5 Å². The van der Waals surface area contributed by atoms with Gasteiger partial charge < -0.3 is 14.4 Å². The van der Waals surface area contributed by atoms with Crippen molar-refractivity contribution < 1.29 is 14.3 Å². The van der Waals surface area contributed by atoms with E-state index in [0.29, 0.717) is 5.56 Å². The van der Waals surface area contributed by atoms with E-state index >= 15 is 0 Å². The van der Waals surface area contributed by atoms with Crippen LogP contribution in [-0.2, 0) is 10.2 Å². The summed E-state index contributed by atoms with van der Waals surface area (Å²) in [6, 6.07) is 39.0. The Labute approximate surface area is 263 Å². The molecule has 6 aromatic rings. The summed E-state index contributed by atoms with van der Waals surface area (Å²) >= 11 is 0. The lowest BCUT2D eigenvalue weighted by Gasteiger charge is -2.33. The molecular formula is C40H34N2O3. The highest BCUT2D eigenvalue weighted by atomic mass is 16.5. The maximum absolute atomic E-state index is 12.2. The van der Waals surface area contributed by atoms with Crippen LogP contribution in [0.1, 0.15) is 42.3 Å². The summed E-state index contributed by atoms with van der Waals surface area (Å²) in [7, 11) is 1.39. The Hall–Kier alpha value is -5.42. The Morgan fingerprint density at radius 1 is 0.733 bits per heavy atom. The first-order valence-electron chi connectivity index (χ1n) is 15.1. The lowest BCUT2D eigenvalue weighted by atomic mass is 9.85. The highest BCUT2D eigenvalue weighted by Crippen LogP contribution is 2.52.